The SMILES string of the molecule is CN1C(=CC=Cc2cc(-c3ccc(Cl)cc3)cc(-c3ccc(Cl)cc3)[n+]2C)C(C)(C)c2ccccc21. The number of hydrogen-bond donors (Lipinski definition) is 0. The number of fused-ring (bicyclic) bond motifs is 1. The molecule has 36 heavy (non-hydrogen) atoms. The first-order chi connectivity index (χ1) is 17.3. The number of benzene rings is 3. The third kappa shape index (κ3) is 4.48. The molecule has 1 aliphatic heterocycles. The van der Waals surface area contributed by atoms with Crippen molar-refractivity contribution >= 4 is 35.0 Å². The number of halogens is 2. The van der Waals surface area contributed by atoms with Gasteiger partial charge in [-0.2, -0.15) is 4.57 Å². The van der Waals surface area contributed by atoms with Crippen molar-refractivity contribution in [1.82, 2.24) is 0 Å². The Morgan fingerprint density at radius 3 is 2.03 bits per heavy atom. The molecule has 0 amide bonds. The number of para-hydroxylation sites is 1. The van der Waals surface area contributed by atoms with Crippen molar-refractivity contribution in [3.63, 3.8) is 0 Å². The quantitative estimate of drug-likeness (QED) is 0.249. The molecule has 1 aliphatic rings. The molecule has 0 radical (unpaired) electrons. The number of pyridine rings is 1. The van der Waals surface area contributed by atoms with Gasteiger partial charge in [0.1, 0.15) is 7.05 Å². The summed E-state index contributed by atoms with van der Waals surface area (Å²) in [7, 11) is 4.25. The van der Waals surface area contributed by atoms with Gasteiger partial charge in [-0.15, -0.1) is 0 Å². The van der Waals surface area contributed by atoms with E-state index in [1.54, 1.807) is 0 Å². The van der Waals surface area contributed by atoms with Gasteiger partial charge in [0.25, 0.3) is 0 Å². The lowest BCUT2D eigenvalue weighted by molar-refractivity contribution is -0.662. The first kappa shape index (κ1) is 24.4. The Kier molecular flexibility index (Phi) is 6.51. The van der Waals surface area contributed by atoms with Crippen LogP contribution in [-0.2, 0) is 12.5 Å². The molecule has 0 fully saturated rings. The number of likely N-dealkylation sites (N-methyl/N-ethyl adjacent to an activating group) is 1. The first-order valence-corrected chi connectivity index (χ1v) is 12.8. The van der Waals surface area contributed by atoms with Crippen molar-refractivity contribution in [3.05, 3.63) is 124 Å². The second-order valence-electron chi connectivity index (χ2n) is 9.74. The maximum atomic E-state index is 6.17. The van der Waals surface area contributed by atoms with Gasteiger partial charge in [0.2, 0.25) is 11.4 Å². The lowest BCUT2D eigenvalue weighted by Crippen LogP contribution is -2.34. The summed E-state index contributed by atoms with van der Waals surface area (Å²) in [4.78, 5) is 2.29. The molecular weight excluding hydrogens is 483 g/mol. The van der Waals surface area contributed by atoms with Crippen LogP contribution in [-0.4, -0.2) is 7.05 Å². The highest BCUT2D eigenvalue weighted by Crippen LogP contribution is 2.46. The Bertz CT molecular complexity index is 1480. The number of aromatic nitrogens is 1. The van der Waals surface area contributed by atoms with Crippen molar-refractivity contribution in [2.24, 2.45) is 7.05 Å². The summed E-state index contributed by atoms with van der Waals surface area (Å²) in [6, 6.07) is 29.0. The summed E-state index contributed by atoms with van der Waals surface area (Å²) >= 11 is 12.3. The molecule has 0 saturated carbocycles. The Morgan fingerprint density at radius 1 is 0.778 bits per heavy atom. The predicted octanol–water partition coefficient (Wildman–Crippen LogP) is 8.48. The van der Waals surface area contributed by atoms with Crippen LogP contribution in [0.25, 0.3) is 28.5 Å². The summed E-state index contributed by atoms with van der Waals surface area (Å²) in [5.41, 5.74) is 9.40. The van der Waals surface area contributed by atoms with Crippen LogP contribution < -0.4 is 9.47 Å². The fourth-order valence-electron chi connectivity index (χ4n) is 5.09. The van der Waals surface area contributed by atoms with Crippen molar-refractivity contribution in [1.29, 1.82) is 0 Å². The Labute approximate surface area is 223 Å². The molecule has 0 saturated heterocycles. The van der Waals surface area contributed by atoms with E-state index in [2.05, 4.69) is 116 Å². The zero-order valence-corrected chi connectivity index (χ0v) is 22.5. The molecule has 0 unspecified atom stereocenters. The predicted molar refractivity (Wildman–Crippen MR) is 153 cm³/mol. The number of hydrogen-bond acceptors (Lipinski definition) is 1. The summed E-state index contributed by atoms with van der Waals surface area (Å²) < 4.78 is 2.22. The lowest BCUT2D eigenvalue weighted by atomic mass is 9.84. The molecular formula is C32H29Cl2N2+. The Hall–Kier alpha value is -3.33. The van der Waals surface area contributed by atoms with Crippen molar-refractivity contribution in [2.75, 3.05) is 11.9 Å². The van der Waals surface area contributed by atoms with Crippen LogP contribution in [0.15, 0.2) is 103 Å². The van der Waals surface area contributed by atoms with E-state index in [-0.39, 0.29) is 5.41 Å². The van der Waals surface area contributed by atoms with Crippen LogP contribution in [0.3, 0.4) is 0 Å². The second kappa shape index (κ2) is 9.61. The molecule has 5 rings (SSSR count). The van der Waals surface area contributed by atoms with E-state index < -0.39 is 0 Å². The zero-order valence-electron chi connectivity index (χ0n) is 21.0. The minimum Gasteiger partial charge on any atom is -0.347 e. The highest BCUT2D eigenvalue weighted by Gasteiger charge is 2.37. The molecule has 0 spiro atoms. The Morgan fingerprint density at radius 2 is 1.39 bits per heavy atom. The van der Waals surface area contributed by atoms with E-state index in [1.165, 1.54) is 16.9 Å². The topological polar surface area (TPSA) is 7.12 Å². The van der Waals surface area contributed by atoms with Crippen LogP contribution in [0.1, 0.15) is 25.1 Å². The Balaban J connectivity index is 1.58. The fourth-order valence-corrected chi connectivity index (χ4v) is 5.34. The van der Waals surface area contributed by atoms with Gasteiger partial charge in [-0.3, -0.25) is 0 Å². The zero-order chi connectivity index (χ0) is 25.4. The van der Waals surface area contributed by atoms with Crippen molar-refractivity contribution in [3.8, 4) is 22.4 Å². The number of anilines is 1. The monoisotopic (exact) mass is 511 g/mol. The van der Waals surface area contributed by atoms with Gasteiger partial charge in [0.05, 0.1) is 0 Å². The molecule has 4 aromatic rings. The summed E-state index contributed by atoms with van der Waals surface area (Å²) in [5.74, 6) is 0. The average molecular weight is 513 g/mol. The van der Waals surface area contributed by atoms with E-state index in [4.69, 9.17) is 23.2 Å². The molecule has 180 valence electrons. The van der Waals surface area contributed by atoms with Gasteiger partial charge in [-0.25, -0.2) is 0 Å². The molecule has 0 aliphatic carbocycles. The second-order valence-corrected chi connectivity index (χ2v) is 10.6. The van der Waals surface area contributed by atoms with E-state index in [0.717, 1.165) is 38.1 Å². The van der Waals surface area contributed by atoms with Crippen molar-refractivity contribution in [2.45, 2.75) is 19.3 Å². The van der Waals surface area contributed by atoms with Gasteiger partial charge in [0.15, 0.2) is 0 Å². The molecule has 1 aromatic heterocycles. The summed E-state index contributed by atoms with van der Waals surface area (Å²) in [6.45, 7) is 4.57. The van der Waals surface area contributed by atoms with Crippen LogP contribution in [0.4, 0.5) is 5.69 Å². The lowest BCUT2D eigenvalue weighted by Gasteiger charge is -2.23. The molecule has 0 atom stereocenters. The largest absolute Gasteiger partial charge is 0.347 e. The molecule has 4 heteroatoms. The number of nitrogens with zero attached hydrogens (tertiary/aromatic N) is 2. The molecule has 2 heterocycles. The highest BCUT2D eigenvalue weighted by atomic mass is 35.5. The van der Waals surface area contributed by atoms with E-state index >= 15 is 0 Å². The third-order valence-corrected chi connectivity index (χ3v) is 7.63. The average Bonchev–Trinajstić information content (AvgIpc) is 3.07. The molecule has 0 bridgehead atoms. The van der Waals surface area contributed by atoms with E-state index in [9.17, 15) is 0 Å². The minimum absolute atomic E-state index is 0.0580. The van der Waals surface area contributed by atoms with Crippen LogP contribution in [0.2, 0.25) is 10.0 Å². The number of rotatable bonds is 4. The summed E-state index contributed by atoms with van der Waals surface area (Å²) in [5, 5.41) is 1.46. The highest BCUT2D eigenvalue weighted by molar-refractivity contribution is 6.30. The van der Waals surface area contributed by atoms with E-state index in [1.807, 2.05) is 24.3 Å². The smallest absolute Gasteiger partial charge is 0.213 e. The fraction of sp³-hybridized carbons (Fsp3) is 0.156. The van der Waals surface area contributed by atoms with E-state index in [0.29, 0.717) is 0 Å². The van der Waals surface area contributed by atoms with Gasteiger partial charge < -0.3 is 4.90 Å². The first-order valence-electron chi connectivity index (χ1n) is 12.0. The van der Waals surface area contributed by atoms with Crippen LogP contribution in [0.5, 0.6) is 0 Å². The molecule has 3 aromatic carbocycles. The number of allylic oxidation sites excluding steroid dienone is 3. The third-order valence-electron chi connectivity index (χ3n) is 7.12. The van der Waals surface area contributed by atoms with Crippen LogP contribution >= 0.6 is 23.2 Å². The van der Waals surface area contributed by atoms with Gasteiger partial charge in [-0.05, 0) is 65.2 Å². The maximum absolute atomic E-state index is 6.17. The van der Waals surface area contributed by atoms with Gasteiger partial charge in [-0.1, -0.05) is 73.5 Å². The van der Waals surface area contributed by atoms with Crippen molar-refractivity contribution < 1.29 is 4.57 Å². The standard InChI is InChI=1S/C32H29Cl2N2/c1-32(2)28-9-5-6-10-29(28)36(4)31(32)11-7-8-27-20-24(22-12-16-25(33)17-13-22)21-30(35(27)3)23-14-18-26(34)19-15-23/h5-21H,1-4H3/q+1. The maximum Gasteiger partial charge on any atom is 0.213 e. The van der Waals surface area contributed by atoms with Crippen LogP contribution in [0, 0.1) is 0 Å². The van der Waals surface area contributed by atoms with Gasteiger partial charge in [0, 0.05) is 57.7 Å². The normalized spacial score (nSPS) is 15.6. The molecule has 0 N–H and O–H groups in total. The minimum atomic E-state index is -0.0580. The summed E-state index contributed by atoms with van der Waals surface area (Å²) in [6.07, 6.45) is 6.57. The van der Waals surface area contributed by atoms with Gasteiger partial charge >= 0.3 is 0 Å². The molecule has 2 nitrogen and oxygen atoms in total.